The first-order valence-corrected chi connectivity index (χ1v) is 11.9. The zero-order chi connectivity index (χ0) is 23.8. The van der Waals surface area contributed by atoms with Crippen molar-refractivity contribution < 1.29 is 22.7 Å². The van der Waals surface area contributed by atoms with Crippen molar-refractivity contribution >= 4 is 21.6 Å². The van der Waals surface area contributed by atoms with Crippen LogP contribution in [0.5, 0.6) is 11.5 Å². The minimum Gasteiger partial charge on any atom is -0.457 e. The summed E-state index contributed by atoms with van der Waals surface area (Å²) in [6.45, 7) is 3.62. The van der Waals surface area contributed by atoms with Gasteiger partial charge in [0.25, 0.3) is 10.0 Å². The molecule has 0 aromatic heterocycles. The van der Waals surface area contributed by atoms with Gasteiger partial charge in [-0.15, -0.1) is 0 Å². The van der Waals surface area contributed by atoms with Gasteiger partial charge in [0, 0.05) is 13.2 Å². The number of para-hydroxylation sites is 1. The Balaban J connectivity index is 1.89. The number of methoxy groups -OCH3 is 1. The second-order valence-corrected chi connectivity index (χ2v) is 9.52. The summed E-state index contributed by atoms with van der Waals surface area (Å²) in [6, 6.07) is 22.1. The van der Waals surface area contributed by atoms with Crippen LogP contribution in [-0.4, -0.2) is 40.6 Å². The Hall–Kier alpha value is -3.36. The highest BCUT2D eigenvalue weighted by Gasteiger charge is 2.27. The van der Waals surface area contributed by atoms with E-state index in [1.807, 2.05) is 37.3 Å². The number of carbonyl (C=O) groups excluding carboxylic acids is 1. The molecule has 0 aliphatic carbocycles. The topological polar surface area (TPSA) is 84.9 Å². The van der Waals surface area contributed by atoms with Crippen LogP contribution in [-0.2, 0) is 19.6 Å². The van der Waals surface area contributed by atoms with Crippen LogP contribution in [0.1, 0.15) is 12.5 Å². The van der Waals surface area contributed by atoms with Crippen molar-refractivity contribution in [2.75, 3.05) is 24.6 Å². The summed E-state index contributed by atoms with van der Waals surface area (Å²) >= 11 is 0. The van der Waals surface area contributed by atoms with Gasteiger partial charge in [-0.2, -0.15) is 0 Å². The van der Waals surface area contributed by atoms with Gasteiger partial charge in [-0.05, 0) is 62.4 Å². The lowest BCUT2D eigenvalue weighted by molar-refractivity contribution is -0.120. The highest BCUT2D eigenvalue weighted by Crippen LogP contribution is 2.28. The molecule has 1 amide bonds. The summed E-state index contributed by atoms with van der Waals surface area (Å²) in [5.41, 5.74) is 1.29. The van der Waals surface area contributed by atoms with E-state index in [4.69, 9.17) is 9.47 Å². The van der Waals surface area contributed by atoms with Crippen LogP contribution >= 0.6 is 0 Å². The number of anilines is 1. The summed E-state index contributed by atoms with van der Waals surface area (Å²) < 4.78 is 38.8. The zero-order valence-corrected chi connectivity index (χ0v) is 19.7. The van der Waals surface area contributed by atoms with Gasteiger partial charge in [-0.1, -0.05) is 35.9 Å². The van der Waals surface area contributed by atoms with Crippen molar-refractivity contribution in [2.24, 2.45) is 0 Å². The fourth-order valence-corrected chi connectivity index (χ4v) is 4.62. The van der Waals surface area contributed by atoms with Crippen LogP contribution < -0.4 is 14.4 Å². The smallest absolute Gasteiger partial charge is 0.264 e. The maximum absolute atomic E-state index is 13.5. The first-order chi connectivity index (χ1) is 15.8. The second kappa shape index (κ2) is 11.0. The average Bonchev–Trinajstić information content (AvgIpc) is 2.79. The normalized spacial score (nSPS) is 12.1. The minimum atomic E-state index is -3.99. The molecule has 3 aromatic rings. The molecule has 0 aliphatic rings. The van der Waals surface area contributed by atoms with Crippen molar-refractivity contribution in [3.8, 4) is 11.5 Å². The molecule has 1 atom stereocenters. The van der Waals surface area contributed by atoms with Crippen molar-refractivity contribution in [1.82, 2.24) is 5.32 Å². The number of nitrogens with one attached hydrogen (secondary N) is 1. The average molecular weight is 469 g/mol. The fourth-order valence-electron chi connectivity index (χ4n) is 3.20. The Kier molecular flexibility index (Phi) is 8.08. The van der Waals surface area contributed by atoms with Crippen molar-refractivity contribution in [1.29, 1.82) is 0 Å². The molecule has 0 heterocycles. The van der Waals surface area contributed by atoms with Gasteiger partial charge >= 0.3 is 0 Å². The molecular weight excluding hydrogens is 440 g/mol. The second-order valence-electron chi connectivity index (χ2n) is 7.66. The fraction of sp³-hybridized carbons (Fsp3) is 0.240. The molecule has 0 spiro atoms. The van der Waals surface area contributed by atoms with Crippen molar-refractivity contribution in [3.05, 3.63) is 84.4 Å². The third-order valence-corrected chi connectivity index (χ3v) is 6.61. The lowest BCUT2D eigenvalue weighted by Gasteiger charge is -2.25. The molecule has 3 rings (SSSR count). The summed E-state index contributed by atoms with van der Waals surface area (Å²) in [7, 11) is -2.45. The maximum Gasteiger partial charge on any atom is 0.264 e. The first kappa shape index (κ1) is 24.3. The Morgan fingerprint density at radius 3 is 2.15 bits per heavy atom. The molecule has 0 aliphatic heterocycles. The van der Waals surface area contributed by atoms with Gasteiger partial charge in [0.05, 0.1) is 17.2 Å². The minimum absolute atomic E-state index is 0.107. The predicted octanol–water partition coefficient (Wildman–Crippen LogP) is 4.13. The number of sulfonamides is 1. The first-order valence-electron chi connectivity index (χ1n) is 10.5. The molecular formula is C25H28N2O5S. The van der Waals surface area contributed by atoms with E-state index in [2.05, 4.69) is 5.32 Å². The molecule has 0 radical (unpaired) electrons. The molecule has 0 fully saturated rings. The molecule has 33 heavy (non-hydrogen) atoms. The van der Waals surface area contributed by atoms with Gasteiger partial charge in [-0.25, -0.2) is 8.42 Å². The van der Waals surface area contributed by atoms with Crippen LogP contribution in [0.25, 0.3) is 0 Å². The lowest BCUT2D eigenvalue weighted by atomic mass is 10.2. The van der Waals surface area contributed by atoms with E-state index < -0.39 is 15.9 Å². The van der Waals surface area contributed by atoms with E-state index in [-0.39, 0.29) is 17.5 Å². The Labute approximate surface area is 195 Å². The summed E-state index contributed by atoms with van der Waals surface area (Å²) in [5.74, 6) is 0.788. The largest absolute Gasteiger partial charge is 0.457 e. The van der Waals surface area contributed by atoms with E-state index in [1.165, 1.54) is 19.2 Å². The molecule has 0 saturated carbocycles. The van der Waals surface area contributed by atoms with E-state index in [1.54, 1.807) is 43.3 Å². The number of hydrogen-bond acceptors (Lipinski definition) is 5. The lowest BCUT2D eigenvalue weighted by Crippen LogP contribution is -2.44. The Morgan fingerprint density at radius 1 is 0.939 bits per heavy atom. The molecule has 3 aromatic carbocycles. The van der Waals surface area contributed by atoms with Crippen molar-refractivity contribution in [2.45, 2.75) is 24.8 Å². The third-order valence-electron chi connectivity index (χ3n) is 4.82. The van der Waals surface area contributed by atoms with Crippen molar-refractivity contribution in [3.63, 3.8) is 0 Å². The van der Waals surface area contributed by atoms with Gasteiger partial charge in [-0.3, -0.25) is 9.10 Å². The molecule has 0 saturated heterocycles. The zero-order valence-electron chi connectivity index (χ0n) is 18.9. The molecule has 174 valence electrons. The monoisotopic (exact) mass is 468 g/mol. The highest BCUT2D eigenvalue weighted by atomic mass is 32.2. The summed E-state index contributed by atoms with van der Waals surface area (Å²) in [5, 5.41) is 2.76. The quantitative estimate of drug-likeness (QED) is 0.484. The van der Waals surface area contributed by atoms with Gasteiger partial charge < -0.3 is 14.8 Å². The van der Waals surface area contributed by atoms with E-state index in [0.717, 1.165) is 9.87 Å². The molecule has 0 bridgehead atoms. The Bertz CT molecular complexity index is 1150. The molecule has 8 heteroatoms. The number of aryl methyl sites for hydroxylation is 1. The summed E-state index contributed by atoms with van der Waals surface area (Å²) in [6.07, 6.45) is 0. The van der Waals surface area contributed by atoms with Gasteiger partial charge in [0.2, 0.25) is 5.91 Å². The number of nitrogens with zero attached hydrogens (tertiary/aromatic N) is 1. The number of carbonyl (C=O) groups is 1. The number of amides is 1. The number of benzene rings is 3. The third kappa shape index (κ3) is 6.57. The maximum atomic E-state index is 13.5. The van der Waals surface area contributed by atoms with E-state index >= 15 is 0 Å². The number of ether oxygens (including phenoxy) is 2. The molecule has 7 nitrogen and oxygen atoms in total. The number of rotatable bonds is 10. The van der Waals surface area contributed by atoms with Gasteiger partial charge in [0.15, 0.2) is 0 Å². The van der Waals surface area contributed by atoms with Crippen LogP contribution in [0, 0.1) is 6.92 Å². The van der Waals surface area contributed by atoms with E-state index in [9.17, 15) is 13.2 Å². The molecule has 0 unspecified atom stereocenters. The standard InChI is InChI=1S/C25H28N2O5S/c1-19-9-15-24(16-10-19)33(29,30)27(17-25(28)26-20(2)18-31-3)21-11-13-23(14-12-21)32-22-7-5-4-6-8-22/h4-16,20H,17-18H2,1-3H3,(H,26,28)/t20-/m1/s1. The SMILES string of the molecule is COC[C@@H](C)NC(=O)CN(c1ccc(Oc2ccccc2)cc1)S(=O)(=O)c1ccc(C)cc1. The molecule has 1 N–H and O–H groups in total. The van der Waals surface area contributed by atoms with Crippen LogP contribution in [0.2, 0.25) is 0 Å². The van der Waals surface area contributed by atoms with Crippen LogP contribution in [0.3, 0.4) is 0 Å². The van der Waals surface area contributed by atoms with Crippen LogP contribution in [0.4, 0.5) is 5.69 Å². The van der Waals surface area contributed by atoms with Gasteiger partial charge in [0.1, 0.15) is 18.0 Å². The summed E-state index contributed by atoms with van der Waals surface area (Å²) in [4.78, 5) is 12.8. The predicted molar refractivity (Wildman–Crippen MR) is 128 cm³/mol. The highest BCUT2D eigenvalue weighted by molar-refractivity contribution is 7.92. The van der Waals surface area contributed by atoms with E-state index in [0.29, 0.717) is 23.8 Å². The Morgan fingerprint density at radius 2 is 1.55 bits per heavy atom. The van der Waals surface area contributed by atoms with Crippen LogP contribution in [0.15, 0.2) is 83.8 Å². The number of hydrogen-bond donors (Lipinski definition) is 1.